The van der Waals surface area contributed by atoms with Crippen LogP contribution in [0.5, 0.6) is 5.75 Å². The lowest BCUT2D eigenvalue weighted by Gasteiger charge is -2.26. The van der Waals surface area contributed by atoms with E-state index in [0.717, 1.165) is 42.9 Å². The summed E-state index contributed by atoms with van der Waals surface area (Å²) >= 11 is 0. The highest BCUT2D eigenvalue weighted by atomic mass is 16.5. The summed E-state index contributed by atoms with van der Waals surface area (Å²) in [5.74, 6) is -0.147. The zero-order valence-electron chi connectivity index (χ0n) is 20.3. The van der Waals surface area contributed by atoms with Crippen LogP contribution in [0.3, 0.4) is 0 Å². The molecule has 1 aliphatic heterocycles. The van der Waals surface area contributed by atoms with E-state index in [0.29, 0.717) is 6.61 Å². The average Bonchev–Trinajstić information content (AvgIpc) is 2.89. The maximum Gasteiger partial charge on any atom is 0.304 e. The number of allylic oxidation sites excluding steroid dienone is 2. The molecule has 0 fully saturated rings. The highest BCUT2D eigenvalue weighted by Crippen LogP contribution is 2.25. The molecular formula is C31H33NO3. The molecule has 0 spiro atoms. The lowest BCUT2D eigenvalue weighted by atomic mass is 9.95. The van der Waals surface area contributed by atoms with E-state index in [1.807, 2.05) is 43.3 Å². The third-order valence-corrected chi connectivity index (χ3v) is 6.40. The van der Waals surface area contributed by atoms with E-state index in [4.69, 9.17) is 9.84 Å². The van der Waals surface area contributed by atoms with Crippen molar-refractivity contribution in [3.05, 3.63) is 119 Å². The minimum absolute atomic E-state index is 0.0821. The van der Waals surface area contributed by atoms with Gasteiger partial charge >= 0.3 is 5.97 Å². The Morgan fingerprint density at radius 2 is 1.71 bits per heavy atom. The minimum atomic E-state index is -0.800. The third kappa shape index (κ3) is 7.17. The van der Waals surface area contributed by atoms with Gasteiger partial charge in [0, 0.05) is 25.6 Å². The summed E-state index contributed by atoms with van der Waals surface area (Å²) in [5, 5.41) is 9.14. The predicted octanol–water partition coefficient (Wildman–Crippen LogP) is 6.69. The summed E-state index contributed by atoms with van der Waals surface area (Å²) in [5.41, 5.74) is 6.19. The molecule has 35 heavy (non-hydrogen) atoms. The molecule has 0 amide bonds. The van der Waals surface area contributed by atoms with Gasteiger partial charge in [0.2, 0.25) is 0 Å². The minimum Gasteiger partial charge on any atom is -0.489 e. The SMILES string of the molecule is CC=CC(CC(=O)O)c1ccc(OCc2ccc(CN3CC=C(c4ccccc4)CC3)cc2)cc1. The van der Waals surface area contributed by atoms with E-state index in [-0.39, 0.29) is 12.3 Å². The number of aliphatic carboxylic acids is 1. The Balaban J connectivity index is 1.27. The monoisotopic (exact) mass is 467 g/mol. The first kappa shape index (κ1) is 24.5. The summed E-state index contributed by atoms with van der Waals surface area (Å²) < 4.78 is 5.96. The predicted molar refractivity (Wildman–Crippen MR) is 141 cm³/mol. The molecule has 1 N–H and O–H groups in total. The van der Waals surface area contributed by atoms with Crippen molar-refractivity contribution in [3.63, 3.8) is 0 Å². The Bertz CT molecular complexity index is 1150. The van der Waals surface area contributed by atoms with Crippen molar-refractivity contribution >= 4 is 11.5 Å². The van der Waals surface area contributed by atoms with Crippen LogP contribution >= 0.6 is 0 Å². The summed E-state index contributed by atoms with van der Waals surface area (Å²) in [6.45, 7) is 5.41. The Hall–Kier alpha value is -3.63. The van der Waals surface area contributed by atoms with Crippen molar-refractivity contribution in [3.8, 4) is 5.75 Å². The second-order valence-corrected chi connectivity index (χ2v) is 8.98. The molecule has 4 rings (SSSR count). The van der Waals surface area contributed by atoms with Crippen LogP contribution in [-0.2, 0) is 17.9 Å². The number of ether oxygens (including phenoxy) is 1. The fraction of sp³-hybridized carbons (Fsp3) is 0.258. The molecule has 0 saturated heterocycles. The van der Waals surface area contributed by atoms with Gasteiger partial charge < -0.3 is 9.84 Å². The Kier molecular flexibility index (Phi) is 8.53. The summed E-state index contributed by atoms with van der Waals surface area (Å²) in [4.78, 5) is 13.6. The number of benzene rings is 3. The molecule has 3 aromatic carbocycles. The van der Waals surface area contributed by atoms with Crippen LogP contribution in [-0.4, -0.2) is 29.1 Å². The van der Waals surface area contributed by atoms with Gasteiger partial charge in [0.25, 0.3) is 0 Å². The van der Waals surface area contributed by atoms with Crippen LogP contribution in [0.25, 0.3) is 5.57 Å². The quantitative estimate of drug-likeness (QED) is 0.338. The molecule has 0 aliphatic carbocycles. The molecule has 0 bridgehead atoms. The van der Waals surface area contributed by atoms with Crippen molar-refractivity contribution in [1.82, 2.24) is 4.90 Å². The summed E-state index contributed by atoms with van der Waals surface area (Å²) in [6, 6.07) is 27.0. The fourth-order valence-electron chi connectivity index (χ4n) is 4.46. The first-order chi connectivity index (χ1) is 17.1. The normalized spacial score (nSPS) is 15.1. The molecule has 1 atom stereocenters. The molecule has 1 unspecified atom stereocenters. The number of carboxylic acids is 1. The van der Waals surface area contributed by atoms with Crippen molar-refractivity contribution in [1.29, 1.82) is 0 Å². The zero-order valence-corrected chi connectivity index (χ0v) is 20.3. The average molecular weight is 468 g/mol. The van der Waals surface area contributed by atoms with E-state index < -0.39 is 5.97 Å². The zero-order chi connectivity index (χ0) is 24.5. The largest absolute Gasteiger partial charge is 0.489 e. The Labute approximate surface area is 208 Å². The number of carboxylic acid groups (broad SMARTS) is 1. The molecule has 3 aromatic rings. The lowest BCUT2D eigenvalue weighted by Crippen LogP contribution is -2.28. The lowest BCUT2D eigenvalue weighted by molar-refractivity contribution is -0.137. The van der Waals surface area contributed by atoms with E-state index >= 15 is 0 Å². The van der Waals surface area contributed by atoms with E-state index in [1.54, 1.807) is 0 Å². The number of hydrogen-bond donors (Lipinski definition) is 1. The molecule has 1 heterocycles. The van der Waals surface area contributed by atoms with Gasteiger partial charge in [-0.15, -0.1) is 0 Å². The van der Waals surface area contributed by atoms with Crippen LogP contribution in [0.2, 0.25) is 0 Å². The van der Waals surface area contributed by atoms with Gasteiger partial charge in [-0.1, -0.05) is 85.0 Å². The van der Waals surface area contributed by atoms with E-state index in [9.17, 15) is 4.79 Å². The van der Waals surface area contributed by atoms with Gasteiger partial charge in [0.05, 0.1) is 6.42 Å². The maximum atomic E-state index is 11.1. The van der Waals surface area contributed by atoms with Gasteiger partial charge in [-0.25, -0.2) is 0 Å². The Morgan fingerprint density at radius 1 is 1.00 bits per heavy atom. The van der Waals surface area contributed by atoms with Gasteiger partial charge in [-0.05, 0) is 53.3 Å². The van der Waals surface area contributed by atoms with E-state index in [2.05, 4.69) is 65.6 Å². The first-order valence-electron chi connectivity index (χ1n) is 12.2. The molecular weight excluding hydrogens is 434 g/mol. The summed E-state index contributed by atoms with van der Waals surface area (Å²) in [7, 11) is 0. The van der Waals surface area contributed by atoms with Gasteiger partial charge in [0.15, 0.2) is 0 Å². The molecule has 180 valence electrons. The summed E-state index contributed by atoms with van der Waals surface area (Å²) in [6.07, 6.45) is 7.34. The Morgan fingerprint density at radius 3 is 2.34 bits per heavy atom. The highest BCUT2D eigenvalue weighted by molar-refractivity contribution is 5.68. The smallest absolute Gasteiger partial charge is 0.304 e. The van der Waals surface area contributed by atoms with Crippen molar-refractivity contribution < 1.29 is 14.6 Å². The van der Waals surface area contributed by atoms with Crippen LogP contribution in [0.1, 0.15) is 47.9 Å². The second-order valence-electron chi connectivity index (χ2n) is 8.98. The molecule has 1 aliphatic rings. The van der Waals surface area contributed by atoms with E-state index in [1.165, 1.54) is 16.7 Å². The number of carbonyl (C=O) groups is 1. The number of nitrogens with zero attached hydrogens (tertiary/aromatic N) is 1. The van der Waals surface area contributed by atoms with Crippen LogP contribution in [0.4, 0.5) is 0 Å². The van der Waals surface area contributed by atoms with Crippen LogP contribution in [0.15, 0.2) is 97.1 Å². The van der Waals surface area contributed by atoms with Crippen molar-refractivity contribution in [2.45, 2.75) is 38.8 Å². The highest BCUT2D eigenvalue weighted by Gasteiger charge is 2.14. The fourth-order valence-corrected chi connectivity index (χ4v) is 4.46. The second kappa shape index (κ2) is 12.2. The number of hydrogen-bond acceptors (Lipinski definition) is 3. The van der Waals surface area contributed by atoms with Gasteiger partial charge in [-0.2, -0.15) is 0 Å². The van der Waals surface area contributed by atoms with Gasteiger partial charge in [-0.3, -0.25) is 9.69 Å². The third-order valence-electron chi connectivity index (χ3n) is 6.40. The number of rotatable bonds is 10. The molecule has 0 saturated carbocycles. The molecule has 0 radical (unpaired) electrons. The van der Waals surface area contributed by atoms with Gasteiger partial charge in [0.1, 0.15) is 12.4 Å². The molecule has 4 nitrogen and oxygen atoms in total. The topological polar surface area (TPSA) is 49.8 Å². The van der Waals surface area contributed by atoms with Crippen LogP contribution in [0, 0.1) is 0 Å². The first-order valence-corrected chi connectivity index (χ1v) is 12.2. The molecule has 4 heteroatoms. The van der Waals surface area contributed by atoms with Crippen molar-refractivity contribution in [2.75, 3.05) is 13.1 Å². The maximum absolute atomic E-state index is 11.1. The van der Waals surface area contributed by atoms with Crippen LogP contribution < -0.4 is 4.74 Å². The standard InChI is InChI=1S/C31H33NO3/c1-2-6-29(21-31(33)34)27-13-15-30(16-14-27)35-23-25-11-9-24(10-12-25)22-32-19-17-28(18-20-32)26-7-4-3-5-8-26/h2-17,29H,18-23H2,1H3,(H,33,34). The molecule has 0 aromatic heterocycles. The van der Waals surface area contributed by atoms with Crippen molar-refractivity contribution in [2.24, 2.45) is 0 Å².